The molecule has 1 atom stereocenters. The van der Waals surface area contributed by atoms with Crippen LogP contribution in [0.5, 0.6) is 5.75 Å². The molecule has 0 aliphatic rings. The van der Waals surface area contributed by atoms with E-state index in [1.54, 1.807) is 0 Å². The summed E-state index contributed by atoms with van der Waals surface area (Å²) >= 11 is 0. The number of methoxy groups -OCH3 is 1. The number of ether oxygens (including phenoxy) is 1. The topological polar surface area (TPSA) is 98.6 Å². The summed E-state index contributed by atoms with van der Waals surface area (Å²) in [6, 6.07) is 4.15. The molecule has 0 saturated carbocycles. The number of nitrogens with zero attached hydrogens (tertiary/aromatic N) is 1. The molecule has 0 amide bonds. The number of aliphatic hydroxyl groups excluding tert-OH is 1. The molecule has 6 nitrogen and oxygen atoms in total. The normalized spacial score (nSPS) is 12.2. The molecule has 1 aromatic carbocycles. The van der Waals surface area contributed by atoms with Crippen LogP contribution in [0.3, 0.4) is 0 Å². The first-order valence-electron chi connectivity index (χ1n) is 4.30. The fourth-order valence-electron chi connectivity index (χ4n) is 1.19. The van der Waals surface area contributed by atoms with E-state index in [2.05, 4.69) is 0 Å². The van der Waals surface area contributed by atoms with Gasteiger partial charge in [-0.3, -0.25) is 10.1 Å². The molecular formula is C9H12N2O4. The van der Waals surface area contributed by atoms with Gasteiger partial charge in [-0.25, -0.2) is 0 Å². The van der Waals surface area contributed by atoms with Crippen molar-refractivity contribution in [2.75, 3.05) is 13.7 Å². The minimum absolute atomic E-state index is 0.0565. The quantitative estimate of drug-likeness (QED) is 0.562. The maximum Gasteiger partial charge on any atom is 0.310 e. The summed E-state index contributed by atoms with van der Waals surface area (Å²) in [6.45, 7) is 0.0565. The summed E-state index contributed by atoms with van der Waals surface area (Å²) in [5.74, 6) is 0.116. The van der Waals surface area contributed by atoms with Gasteiger partial charge in [-0.2, -0.15) is 0 Å². The SMILES string of the molecule is COc1cc([C@@H](O)CN)ccc1[N+](=O)[O-]. The zero-order valence-corrected chi connectivity index (χ0v) is 8.21. The molecular weight excluding hydrogens is 200 g/mol. The van der Waals surface area contributed by atoms with E-state index >= 15 is 0 Å². The number of rotatable bonds is 4. The number of benzene rings is 1. The molecule has 0 radical (unpaired) electrons. The molecule has 0 unspecified atom stereocenters. The Hall–Kier alpha value is -1.66. The third-order valence-electron chi connectivity index (χ3n) is 2.01. The second-order valence-corrected chi connectivity index (χ2v) is 2.94. The van der Waals surface area contributed by atoms with Crippen molar-refractivity contribution in [2.45, 2.75) is 6.10 Å². The first-order valence-corrected chi connectivity index (χ1v) is 4.30. The van der Waals surface area contributed by atoms with Crippen LogP contribution in [-0.2, 0) is 0 Å². The lowest BCUT2D eigenvalue weighted by Gasteiger charge is -2.09. The predicted octanol–water partition coefficient (Wildman–Crippen LogP) is 0.595. The van der Waals surface area contributed by atoms with E-state index in [1.165, 1.54) is 25.3 Å². The average molecular weight is 212 g/mol. The van der Waals surface area contributed by atoms with Crippen molar-refractivity contribution in [3.8, 4) is 5.75 Å². The van der Waals surface area contributed by atoms with Gasteiger partial charge in [-0.1, -0.05) is 0 Å². The Morgan fingerprint density at radius 2 is 2.33 bits per heavy atom. The molecule has 0 spiro atoms. The van der Waals surface area contributed by atoms with Crippen LogP contribution in [0.4, 0.5) is 5.69 Å². The number of aliphatic hydroxyl groups is 1. The molecule has 0 aromatic heterocycles. The molecule has 0 aliphatic heterocycles. The first-order chi connectivity index (χ1) is 7.10. The van der Waals surface area contributed by atoms with Gasteiger partial charge in [-0.15, -0.1) is 0 Å². The number of nitro groups is 1. The summed E-state index contributed by atoms with van der Waals surface area (Å²) in [5.41, 5.74) is 5.63. The summed E-state index contributed by atoms with van der Waals surface area (Å²) in [6.07, 6.45) is -0.834. The van der Waals surface area contributed by atoms with Crippen LogP contribution in [0.2, 0.25) is 0 Å². The second-order valence-electron chi connectivity index (χ2n) is 2.94. The zero-order valence-electron chi connectivity index (χ0n) is 8.21. The highest BCUT2D eigenvalue weighted by molar-refractivity contribution is 5.48. The van der Waals surface area contributed by atoms with Gasteiger partial charge < -0.3 is 15.6 Å². The van der Waals surface area contributed by atoms with Gasteiger partial charge >= 0.3 is 5.69 Å². The summed E-state index contributed by atoms with van der Waals surface area (Å²) in [4.78, 5) is 10.0. The molecule has 6 heteroatoms. The Morgan fingerprint density at radius 3 is 2.80 bits per heavy atom. The summed E-state index contributed by atoms with van der Waals surface area (Å²) < 4.78 is 4.85. The van der Waals surface area contributed by atoms with Crippen LogP contribution >= 0.6 is 0 Å². The lowest BCUT2D eigenvalue weighted by molar-refractivity contribution is -0.385. The lowest BCUT2D eigenvalue weighted by Crippen LogP contribution is -2.11. The van der Waals surface area contributed by atoms with Crippen LogP contribution in [0.15, 0.2) is 18.2 Å². The number of nitro benzene ring substituents is 1. The van der Waals surface area contributed by atoms with Crippen molar-refractivity contribution < 1.29 is 14.8 Å². The first kappa shape index (κ1) is 11.4. The Balaban J connectivity index is 3.13. The Labute approximate surface area is 86.4 Å². The average Bonchev–Trinajstić information content (AvgIpc) is 2.26. The lowest BCUT2D eigenvalue weighted by atomic mass is 10.1. The van der Waals surface area contributed by atoms with Crippen LogP contribution in [0, 0.1) is 10.1 Å². The molecule has 0 saturated heterocycles. The number of hydrogen-bond acceptors (Lipinski definition) is 5. The van der Waals surface area contributed by atoms with Crippen LogP contribution < -0.4 is 10.5 Å². The molecule has 1 rings (SSSR count). The second kappa shape index (κ2) is 4.72. The minimum atomic E-state index is -0.834. The van der Waals surface area contributed by atoms with Gasteiger partial charge in [0.15, 0.2) is 5.75 Å². The van der Waals surface area contributed by atoms with Gasteiger partial charge in [0.1, 0.15) is 0 Å². The van der Waals surface area contributed by atoms with Crippen molar-refractivity contribution in [3.05, 3.63) is 33.9 Å². The third kappa shape index (κ3) is 2.42. The van der Waals surface area contributed by atoms with Crippen LogP contribution in [0.1, 0.15) is 11.7 Å². The van der Waals surface area contributed by atoms with Crippen LogP contribution in [0.25, 0.3) is 0 Å². The Kier molecular flexibility index (Phi) is 3.59. The van der Waals surface area contributed by atoms with E-state index in [0.29, 0.717) is 5.56 Å². The summed E-state index contributed by atoms with van der Waals surface area (Å²) in [5, 5.41) is 20.0. The Morgan fingerprint density at radius 1 is 1.67 bits per heavy atom. The third-order valence-corrected chi connectivity index (χ3v) is 2.01. The van der Waals surface area contributed by atoms with Crippen LogP contribution in [-0.4, -0.2) is 23.7 Å². The van der Waals surface area contributed by atoms with E-state index in [9.17, 15) is 15.2 Å². The van der Waals surface area contributed by atoms with Crippen molar-refractivity contribution in [1.29, 1.82) is 0 Å². The minimum Gasteiger partial charge on any atom is -0.490 e. The largest absolute Gasteiger partial charge is 0.490 e. The number of hydrogen-bond donors (Lipinski definition) is 2. The van der Waals surface area contributed by atoms with Gasteiger partial charge in [0.2, 0.25) is 0 Å². The smallest absolute Gasteiger partial charge is 0.310 e. The van der Waals surface area contributed by atoms with E-state index in [4.69, 9.17) is 10.5 Å². The molecule has 82 valence electrons. The molecule has 0 bridgehead atoms. The maximum absolute atomic E-state index is 10.6. The van der Waals surface area contributed by atoms with Gasteiger partial charge in [0.25, 0.3) is 0 Å². The molecule has 0 heterocycles. The fourth-order valence-corrected chi connectivity index (χ4v) is 1.19. The predicted molar refractivity (Wildman–Crippen MR) is 53.7 cm³/mol. The van der Waals surface area contributed by atoms with Crippen molar-refractivity contribution in [2.24, 2.45) is 5.73 Å². The van der Waals surface area contributed by atoms with Gasteiger partial charge in [0, 0.05) is 12.6 Å². The fraction of sp³-hybridized carbons (Fsp3) is 0.333. The zero-order chi connectivity index (χ0) is 11.4. The molecule has 15 heavy (non-hydrogen) atoms. The standard InChI is InChI=1S/C9H12N2O4/c1-15-9-4-6(8(12)5-10)2-3-7(9)11(13)14/h2-4,8,12H,5,10H2,1H3/t8-/m0/s1. The molecule has 1 aromatic rings. The van der Waals surface area contributed by atoms with Crippen molar-refractivity contribution in [1.82, 2.24) is 0 Å². The van der Waals surface area contributed by atoms with E-state index < -0.39 is 11.0 Å². The Bertz CT molecular complexity index is 367. The monoisotopic (exact) mass is 212 g/mol. The van der Waals surface area contributed by atoms with Crippen molar-refractivity contribution >= 4 is 5.69 Å². The van der Waals surface area contributed by atoms with E-state index in [1.807, 2.05) is 0 Å². The highest BCUT2D eigenvalue weighted by Crippen LogP contribution is 2.29. The molecule has 3 N–H and O–H groups in total. The van der Waals surface area contributed by atoms with Crippen molar-refractivity contribution in [3.63, 3.8) is 0 Å². The molecule has 0 aliphatic carbocycles. The van der Waals surface area contributed by atoms with E-state index in [-0.39, 0.29) is 18.0 Å². The number of nitrogens with two attached hydrogens (primary N) is 1. The molecule has 0 fully saturated rings. The van der Waals surface area contributed by atoms with Gasteiger partial charge in [0.05, 0.1) is 18.1 Å². The highest BCUT2D eigenvalue weighted by atomic mass is 16.6. The highest BCUT2D eigenvalue weighted by Gasteiger charge is 2.16. The summed E-state index contributed by atoms with van der Waals surface area (Å²) in [7, 11) is 1.33. The van der Waals surface area contributed by atoms with E-state index in [0.717, 1.165) is 0 Å². The maximum atomic E-state index is 10.6. The van der Waals surface area contributed by atoms with Gasteiger partial charge in [-0.05, 0) is 17.7 Å².